The minimum Gasteiger partial charge on any atom is -0.481 e. The van der Waals surface area contributed by atoms with Crippen LogP contribution >= 0.6 is 0 Å². The van der Waals surface area contributed by atoms with Crippen molar-refractivity contribution in [1.29, 1.82) is 0 Å². The summed E-state index contributed by atoms with van der Waals surface area (Å²) in [7, 11) is 0. The first-order chi connectivity index (χ1) is 11.8. The third kappa shape index (κ3) is 6.52. The van der Waals surface area contributed by atoms with E-state index in [0.29, 0.717) is 13.0 Å². The number of carbonyl (C=O) groups is 1. The van der Waals surface area contributed by atoms with Gasteiger partial charge in [0.15, 0.2) is 0 Å². The minimum absolute atomic E-state index is 0.0561. The molecule has 0 saturated carbocycles. The molecule has 0 fully saturated rings. The van der Waals surface area contributed by atoms with Gasteiger partial charge in [-0.3, -0.25) is 4.79 Å². The smallest absolute Gasteiger partial charge is 0.303 e. The monoisotopic (exact) mass is 327 g/mol. The molecule has 0 atom stereocenters. The van der Waals surface area contributed by atoms with Crippen LogP contribution in [0.2, 0.25) is 0 Å². The molecule has 0 aliphatic heterocycles. The third-order valence-electron chi connectivity index (χ3n) is 3.73. The maximum absolute atomic E-state index is 10.4. The van der Waals surface area contributed by atoms with Gasteiger partial charge in [0.2, 0.25) is 0 Å². The van der Waals surface area contributed by atoms with E-state index in [-0.39, 0.29) is 12.5 Å². The van der Waals surface area contributed by atoms with Crippen molar-refractivity contribution in [2.45, 2.75) is 25.4 Å². The van der Waals surface area contributed by atoms with E-state index in [9.17, 15) is 4.79 Å². The number of nitrogens with one attached hydrogen (secondary N) is 1. The third-order valence-corrected chi connectivity index (χ3v) is 3.73. The molecular formula is C20H25NO3. The van der Waals surface area contributed by atoms with Crippen LogP contribution in [0.15, 0.2) is 60.7 Å². The lowest BCUT2D eigenvalue weighted by molar-refractivity contribution is -0.137. The Bertz CT molecular complexity index is 547. The fraction of sp³-hybridized carbons (Fsp3) is 0.350. The van der Waals surface area contributed by atoms with E-state index in [1.807, 2.05) is 36.4 Å². The van der Waals surface area contributed by atoms with Gasteiger partial charge in [0, 0.05) is 13.0 Å². The summed E-state index contributed by atoms with van der Waals surface area (Å²) < 4.78 is 6.12. The molecule has 0 saturated heterocycles. The maximum atomic E-state index is 10.4. The minimum atomic E-state index is -0.742. The number of hydrogen-bond donors (Lipinski definition) is 2. The van der Waals surface area contributed by atoms with Gasteiger partial charge in [-0.2, -0.15) is 0 Å². The molecule has 2 aromatic rings. The van der Waals surface area contributed by atoms with Crippen LogP contribution in [0.3, 0.4) is 0 Å². The zero-order valence-corrected chi connectivity index (χ0v) is 13.9. The predicted molar refractivity (Wildman–Crippen MR) is 95.0 cm³/mol. The summed E-state index contributed by atoms with van der Waals surface area (Å²) in [6.07, 6.45) is 1.71. The molecule has 128 valence electrons. The fourth-order valence-corrected chi connectivity index (χ4v) is 2.53. The molecule has 0 aromatic heterocycles. The summed E-state index contributed by atoms with van der Waals surface area (Å²) >= 11 is 0. The van der Waals surface area contributed by atoms with E-state index in [1.165, 1.54) is 0 Å². The maximum Gasteiger partial charge on any atom is 0.303 e. The van der Waals surface area contributed by atoms with E-state index >= 15 is 0 Å². The average Bonchev–Trinajstić information content (AvgIpc) is 2.62. The summed E-state index contributed by atoms with van der Waals surface area (Å²) in [5, 5.41) is 11.8. The number of rotatable bonds is 11. The van der Waals surface area contributed by atoms with Crippen molar-refractivity contribution in [2.24, 2.45) is 0 Å². The van der Waals surface area contributed by atoms with Crippen molar-refractivity contribution in [3.8, 4) is 0 Å². The van der Waals surface area contributed by atoms with E-state index in [2.05, 4.69) is 29.6 Å². The number of ether oxygens (including phenoxy) is 1. The highest BCUT2D eigenvalue weighted by atomic mass is 16.5. The molecule has 0 bridgehead atoms. The van der Waals surface area contributed by atoms with E-state index < -0.39 is 5.97 Å². The van der Waals surface area contributed by atoms with Gasteiger partial charge >= 0.3 is 5.97 Å². The Labute approximate surface area is 143 Å². The number of hydrogen-bond acceptors (Lipinski definition) is 3. The zero-order chi connectivity index (χ0) is 17.0. The molecule has 0 spiro atoms. The van der Waals surface area contributed by atoms with Crippen LogP contribution in [-0.4, -0.2) is 30.8 Å². The molecule has 0 amide bonds. The highest BCUT2D eigenvalue weighted by Crippen LogP contribution is 2.25. The Morgan fingerprint density at radius 3 is 2.00 bits per heavy atom. The van der Waals surface area contributed by atoms with Gasteiger partial charge < -0.3 is 15.2 Å². The molecule has 2 aromatic carbocycles. The van der Waals surface area contributed by atoms with Crippen molar-refractivity contribution in [3.63, 3.8) is 0 Å². The summed E-state index contributed by atoms with van der Waals surface area (Å²) in [6.45, 7) is 2.21. The number of aliphatic carboxylic acids is 1. The summed E-state index contributed by atoms with van der Waals surface area (Å²) in [5.74, 6) is -0.742. The lowest BCUT2D eigenvalue weighted by atomic mass is 10.0. The lowest BCUT2D eigenvalue weighted by Gasteiger charge is -2.19. The second kappa shape index (κ2) is 10.6. The SMILES string of the molecule is O=C(O)CCCNCCCOC(c1ccccc1)c1ccccc1. The van der Waals surface area contributed by atoms with E-state index in [0.717, 1.165) is 30.6 Å². The topological polar surface area (TPSA) is 58.6 Å². The Hall–Kier alpha value is -2.17. The van der Waals surface area contributed by atoms with Crippen molar-refractivity contribution < 1.29 is 14.6 Å². The lowest BCUT2D eigenvalue weighted by Crippen LogP contribution is -2.19. The van der Waals surface area contributed by atoms with Crippen molar-refractivity contribution in [3.05, 3.63) is 71.8 Å². The summed E-state index contributed by atoms with van der Waals surface area (Å²) in [5.41, 5.74) is 2.30. The van der Waals surface area contributed by atoms with Crippen molar-refractivity contribution >= 4 is 5.97 Å². The normalized spacial score (nSPS) is 10.9. The van der Waals surface area contributed by atoms with Crippen LogP contribution in [0.1, 0.15) is 36.5 Å². The Balaban J connectivity index is 1.77. The second-order valence-electron chi connectivity index (χ2n) is 5.67. The standard InChI is InChI=1S/C20H25NO3/c22-19(23)13-7-14-21-15-8-16-24-20(17-9-3-1-4-10-17)18-11-5-2-6-12-18/h1-6,9-12,20-21H,7-8,13-16H2,(H,22,23). The predicted octanol–water partition coefficient (Wildman–Crippen LogP) is 3.64. The first-order valence-corrected chi connectivity index (χ1v) is 8.41. The van der Waals surface area contributed by atoms with Gasteiger partial charge in [0.05, 0.1) is 0 Å². The molecule has 0 aliphatic carbocycles. The number of carboxylic acids is 1. The van der Waals surface area contributed by atoms with Crippen LogP contribution in [0.25, 0.3) is 0 Å². The zero-order valence-electron chi connectivity index (χ0n) is 13.9. The molecule has 0 radical (unpaired) electrons. The molecule has 0 heterocycles. The molecule has 24 heavy (non-hydrogen) atoms. The Kier molecular flexibility index (Phi) is 8.01. The quantitative estimate of drug-likeness (QED) is 0.619. The highest BCUT2D eigenvalue weighted by Gasteiger charge is 2.13. The van der Waals surface area contributed by atoms with Crippen LogP contribution < -0.4 is 5.32 Å². The van der Waals surface area contributed by atoms with Gasteiger partial charge in [0.1, 0.15) is 6.10 Å². The van der Waals surface area contributed by atoms with Gasteiger partial charge in [-0.25, -0.2) is 0 Å². The highest BCUT2D eigenvalue weighted by molar-refractivity contribution is 5.66. The molecule has 2 N–H and O–H groups in total. The van der Waals surface area contributed by atoms with Crippen LogP contribution in [0.5, 0.6) is 0 Å². The van der Waals surface area contributed by atoms with Crippen LogP contribution in [0.4, 0.5) is 0 Å². The van der Waals surface area contributed by atoms with Crippen LogP contribution in [-0.2, 0) is 9.53 Å². The van der Waals surface area contributed by atoms with Gasteiger partial charge in [-0.05, 0) is 37.1 Å². The Morgan fingerprint density at radius 1 is 0.917 bits per heavy atom. The van der Waals surface area contributed by atoms with Crippen LogP contribution in [0, 0.1) is 0 Å². The molecule has 4 heteroatoms. The fourth-order valence-electron chi connectivity index (χ4n) is 2.53. The van der Waals surface area contributed by atoms with E-state index in [1.54, 1.807) is 0 Å². The molecule has 4 nitrogen and oxygen atoms in total. The van der Waals surface area contributed by atoms with Gasteiger partial charge in [-0.1, -0.05) is 60.7 Å². The number of benzene rings is 2. The van der Waals surface area contributed by atoms with Gasteiger partial charge in [0.25, 0.3) is 0 Å². The molecule has 2 rings (SSSR count). The average molecular weight is 327 g/mol. The molecule has 0 unspecified atom stereocenters. The van der Waals surface area contributed by atoms with Crippen molar-refractivity contribution in [1.82, 2.24) is 5.32 Å². The van der Waals surface area contributed by atoms with E-state index in [4.69, 9.17) is 9.84 Å². The second-order valence-corrected chi connectivity index (χ2v) is 5.67. The van der Waals surface area contributed by atoms with Crippen molar-refractivity contribution in [2.75, 3.05) is 19.7 Å². The molecular weight excluding hydrogens is 302 g/mol. The Morgan fingerprint density at radius 2 is 1.46 bits per heavy atom. The molecule has 0 aliphatic rings. The first-order valence-electron chi connectivity index (χ1n) is 8.41. The largest absolute Gasteiger partial charge is 0.481 e. The summed E-state index contributed by atoms with van der Waals surface area (Å²) in [6, 6.07) is 20.5. The number of carboxylic acid groups (broad SMARTS) is 1. The first kappa shape index (κ1) is 18.2. The van der Waals surface area contributed by atoms with Gasteiger partial charge in [-0.15, -0.1) is 0 Å². The summed E-state index contributed by atoms with van der Waals surface area (Å²) in [4.78, 5) is 10.4.